The van der Waals surface area contributed by atoms with Gasteiger partial charge in [-0.2, -0.15) is 0 Å². The van der Waals surface area contributed by atoms with Crippen molar-refractivity contribution < 1.29 is 0 Å². The fourth-order valence-electron chi connectivity index (χ4n) is 8.80. The fourth-order valence-corrected chi connectivity index (χ4v) is 8.80. The lowest BCUT2D eigenvalue weighted by atomic mass is 10.0. The molecule has 2 aromatic heterocycles. The van der Waals surface area contributed by atoms with Gasteiger partial charge in [-0.05, 0) is 103 Å². The topological polar surface area (TPSA) is 16.3 Å². The number of para-hydroxylation sites is 7. The highest BCUT2D eigenvalue weighted by molar-refractivity contribution is 6.29. The third-order valence-electron chi connectivity index (χ3n) is 11.2. The Labute approximate surface area is 337 Å². The first-order valence-corrected chi connectivity index (χ1v) is 19.8. The molecule has 0 spiro atoms. The van der Waals surface area contributed by atoms with Crippen LogP contribution < -0.4 is 9.80 Å². The Morgan fingerprint density at radius 3 is 1.19 bits per heavy atom. The summed E-state index contributed by atoms with van der Waals surface area (Å²) in [5.74, 6) is 0. The van der Waals surface area contributed by atoms with Gasteiger partial charge in [0.2, 0.25) is 0 Å². The molecule has 0 atom stereocenters. The van der Waals surface area contributed by atoms with Gasteiger partial charge >= 0.3 is 0 Å². The molecule has 0 N–H and O–H groups in total. The first-order valence-electron chi connectivity index (χ1n) is 19.8. The van der Waals surface area contributed by atoms with Crippen molar-refractivity contribution in [3.8, 4) is 11.4 Å². The van der Waals surface area contributed by atoms with Gasteiger partial charge in [-0.3, -0.25) is 0 Å². The smallest absolute Gasteiger partial charge is 0.0804 e. The molecular formula is C54H38N4. The van der Waals surface area contributed by atoms with Crippen molar-refractivity contribution in [2.24, 2.45) is 0 Å². The Balaban J connectivity index is 1.25. The standard InChI is InChI=1S/C54H38N4/c1-6-20-39(21-7-1)55(40-22-8-2-9-23-40)44-34-36-45(37-35-44)57-49-32-18-16-30-46(49)48-38-51(56(41-24-10-3-11-25-41)42-26-12-4-13-27-42)54-52(53(48)57)47-31-17-19-33-50(47)58(54)43-28-14-5-15-29-43/h1-38H. The summed E-state index contributed by atoms with van der Waals surface area (Å²) in [7, 11) is 0. The molecule has 0 fully saturated rings. The molecular weight excluding hydrogens is 705 g/mol. The van der Waals surface area contributed by atoms with Crippen molar-refractivity contribution >= 4 is 77.7 Å². The molecule has 274 valence electrons. The molecule has 0 unspecified atom stereocenters. The second-order valence-electron chi connectivity index (χ2n) is 14.6. The van der Waals surface area contributed by atoms with Crippen LogP contribution in [-0.4, -0.2) is 9.13 Å². The highest BCUT2D eigenvalue weighted by Crippen LogP contribution is 2.49. The number of fused-ring (bicyclic) bond motifs is 7. The number of hydrogen-bond donors (Lipinski definition) is 0. The maximum Gasteiger partial charge on any atom is 0.0804 e. The number of aromatic nitrogens is 2. The van der Waals surface area contributed by atoms with E-state index in [1.54, 1.807) is 0 Å². The van der Waals surface area contributed by atoms with Crippen LogP contribution in [0.3, 0.4) is 0 Å². The predicted molar refractivity (Wildman–Crippen MR) is 244 cm³/mol. The van der Waals surface area contributed by atoms with E-state index in [1.165, 1.54) is 27.1 Å². The maximum absolute atomic E-state index is 2.48. The van der Waals surface area contributed by atoms with Crippen LogP contribution in [0.2, 0.25) is 0 Å². The van der Waals surface area contributed by atoms with Gasteiger partial charge in [-0.1, -0.05) is 127 Å². The monoisotopic (exact) mass is 742 g/mol. The summed E-state index contributed by atoms with van der Waals surface area (Å²) in [5.41, 5.74) is 13.5. The van der Waals surface area contributed by atoms with Crippen molar-refractivity contribution in [2.45, 2.75) is 0 Å². The van der Waals surface area contributed by atoms with Gasteiger partial charge in [0, 0.05) is 61.4 Å². The van der Waals surface area contributed by atoms with Crippen LogP contribution in [0.5, 0.6) is 0 Å². The predicted octanol–water partition coefficient (Wildman–Crippen LogP) is 14.8. The van der Waals surface area contributed by atoms with E-state index in [1.807, 2.05) is 0 Å². The highest BCUT2D eigenvalue weighted by atomic mass is 15.2. The SMILES string of the molecule is c1ccc(N(c2ccccc2)c2ccc(-n3c4ccccc4c4cc(N(c5ccccc5)c5ccccc5)c5c(c6ccccc6n5-c5ccccc5)c43)cc2)cc1. The summed E-state index contributed by atoms with van der Waals surface area (Å²) in [4.78, 5) is 4.73. The van der Waals surface area contributed by atoms with Crippen molar-refractivity contribution in [3.05, 3.63) is 231 Å². The Morgan fingerprint density at radius 2 is 0.655 bits per heavy atom. The highest BCUT2D eigenvalue weighted by Gasteiger charge is 2.27. The number of benzene rings is 9. The molecule has 0 saturated heterocycles. The van der Waals surface area contributed by atoms with Gasteiger partial charge in [0.25, 0.3) is 0 Å². The molecule has 0 radical (unpaired) electrons. The minimum Gasteiger partial charge on any atom is -0.311 e. The summed E-state index contributed by atoms with van der Waals surface area (Å²) in [6.07, 6.45) is 0. The molecule has 58 heavy (non-hydrogen) atoms. The quantitative estimate of drug-likeness (QED) is 0.154. The van der Waals surface area contributed by atoms with E-state index < -0.39 is 0 Å². The zero-order chi connectivity index (χ0) is 38.4. The van der Waals surface area contributed by atoms with Gasteiger partial charge in [0.1, 0.15) is 0 Å². The van der Waals surface area contributed by atoms with Crippen LogP contribution in [-0.2, 0) is 0 Å². The largest absolute Gasteiger partial charge is 0.311 e. The molecule has 11 rings (SSSR count). The van der Waals surface area contributed by atoms with E-state index in [4.69, 9.17) is 0 Å². The van der Waals surface area contributed by atoms with Crippen molar-refractivity contribution in [1.82, 2.24) is 9.13 Å². The van der Waals surface area contributed by atoms with E-state index in [2.05, 4.69) is 249 Å². The molecule has 2 heterocycles. The van der Waals surface area contributed by atoms with Crippen LogP contribution in [0.25, 0.3) is 55.0 Å². The average Bonchev–Trinajstić information content (AvgIpc) is 3.82. The Bertz CT molecular complexity index is 3110. The lowest BCUT2D eigenvalue weighted by Gasteiger charge is -2.27. The maximum atomic E-state index is 2.48. The van der Waals surface area contributed by atoms with E-state index >= 15 is 0 Å². The van der Waals surface area contributed by atoms with E-state index in [9.17, 15) is 0 Å². The molecule has 0 aliphatic rings. The Kier molecular flexibility index (Phi) is 8.11. The third kappa shape index (κ3) is 5.46. The summed E-state index contributed by atoms with van der Waals surface area (Å²) in [5, 5.41) is 4.82. The fraction of sp³-hybridized carbons (Fsp3) is 0. The number of hydrogen-bond acceptors (Lipinski definition) is 2. The summed E-state index contributed by atoms with van der Waals surface area (Å²) in [6, 6.07) is 82.7. The lowest BCUT2D eigenvalue weighted by Crippen LogP contribution is -2.12. The van der Waals surface area contributed by atoms with E-state index in [-0.39, 0.29) is 0 Å². The minimum absolute atomic E-state index is 1.09. The molecule has 9 aromatic carbocycles. The second-order valence-corrected chi connectivity index (χ2v) is 14.6. The molecule has 11 aromatic rings. The molecule has 4 nitrogen and oxygen atoms in total. The zero-order valence-corrected chi connectivity index (χ0v) is 31.7. The van der Waals surface area contributed by atoms with Crippen LogP contribution in [0.4, 0.5) is 34.1 Å². The summed E-state index contributed by atoms with van der Waals surface area (Å²) >= 11 is 0. The third-order valence-corrected chi connectivity index (χ3v) is 11.2. The van der Waals surface area contributed by atoms with E-state index in [0.717, 1.165) is 62.0 Å². The van der Waals surface area contributed by atoms with Crippen LogP contribution in [0.15, 0.2) is 231 Å². The number of anilines is 6. The number of rotatable bonds is 8. The van der Waals surface area contributed by atoms with Crippen molar-refractivity contribution in [2.75, 3.05) is 9.80 Å². The normalized spacial score (nSPS) is 11.4. The molecule has 0 bridgehead atoms. The molecule has 0 aliphatic carbocycles. The van der Waals surface area contributed by atoms with Gasteiger partial charge in [-0.25, -0.2) is 0 Å². The molecule has 0 saturated carbocycles. The first kappa shape index (κ1) is 33.5. The molecule has 0 aliphatic heterocycles. The lowest BCUT2D eigenvalue weighted by molar-refractivity contribution is 1.16. The first-order chi connectivity index (χ1) is 28.8. The van der Waals surface area contributed by atoms with Gasteiger partial charge in [0.05, 0.1) is 27.8 Å². The Morgan fingerprint density at radius 1 is 0.276 bits per heavy atom. The van der Waals surface area contributed by atoms with Crippen LogP contribution in [0.1, 0.15) is 0 Å². The molecule has 0 amide bonds. The second kappa shape index (κ2) is 14.0. The number of nitrogens with zero attached hydrogens (tertiary/aromatic N) is 4. The van der Waals surface area contributed by atoms with Crippen LogP contribution in [0, 0.1) is 0 Å². The molecule has 4 heteroatoms. The van der Waals surface area contributed by atoms with Crippen LogP contribution >= 0.6 is 0 Å². The minimum atomic E-state index is 1.09. The average molecular weight is 743 g/mol. The summed E-state index contributed by atoms with van der Waals surface area (Å²) < 4.78 is 4.94. The zero-order valence-electron chi connectivity index (χ0n) is 31.7. The van der Waals surface area contributed by atoms with Gasteiger partial charge in [-0.15, -0.1) is 0 Å². The van der Waals surface area contributed by atoms with Gasteiger partial charge in [0.15, 0.2) is 0 Å². The van der Waals surface area contributed by atoms with Crippen molar-refractivity contribution in [3.63, 3.8) is 0 Å². The van der Waals surface area contributed by atoms with E-state index in [0.29, 0.717) is 0 Å². The summed E-state index contributed by atoms with van der Waals surface area (Å²) in [6.45, 7) is 0. The van der Waals surface area contributed by atoms with Gasteiger partial charge < -0.3 is 18.9 Å². The Hall–Kier alpha value is -7.82. The van der Waals surface area contributed by atoms with Crippen molar-refractivity contribution in [1.29, 1.82) is 0 Å².